The van der Waals surface area contributed by atoms with Crippen LogP contribution in [-0.4, -0.2) is 24.5 Å². The molecular weight excluding hydrogens is 210 g/mol. The molecule has 2 aromatic heterocycles. The maximum atomic E-state index is 12.0. The van der Waals surface area contributed by atoms with E-state index >= 15 is 0 Å². The summed E-state index contributed by atoms with van der Waals surface area (Å²) in [6.45, 7) is 4.58. The van der Waals surface area contributed by atoms with Gasteiger partial charge in [0, 0.05) is 13.1 Å². The molecule has 86 valence electrons. The Kier molecular flexibility index (Phi) is 2.59. The number of nitrogens with one attached hydrogen (secondary N) is 1. The summed E-state index contributed by atoms with van der Waals surface area (Å²) in [5.74, 6) is 0. The monoisotopic (exact) mass is 223 g/mol. The predicted molar refractivity (Wildman–Crippen MR) is 58.4 cm³/mol. The number of hydrogen-bond donors (Lipinski definition) is 1. The van der Waals surface area contributed by atoms with Gasteiger partial charge in [0.05, 0.1) is 0 Å². The molecule has 2 aromatic rings. The summed E-state index contributed by atoms with van der Waals surface area (Å²) in [5.41, 5.74) is -0.157. The number of H-pyrrole nitrogens is 1. The normalized spacial score (nSPS) is 11.1. The summed E-state index contributed by atoms with van der Waals surface area (Å²) >= 11 is 0. The van der Waals surface area contributed by atoms with Crippen molar-refractivity contribution in [2.24, 2.45) is 0 Å². The SMILES string of the molecule is CCCn1c(=O)n(CC)c(=O)c2n[nH]nc21. The zero-order valence-corrected chi connectivity index (χ0v) is 9.23. The van der Waals surface area contributed by atoms with Crippen LogP contribution in [0.5, 0.6) is 0 Å². The number of aryl methyl sites for hydroxylation is 1. The fourth-order valence-electron chi connectivity index (χ4n) is 1.71. The van der Waals surface area contributed by atoms with Crippen molar-refractivity contribution < 1.29 is 0 Å². The summed E-state index contributed by atoms with van der Waals surface area (Å²) in [6.07, 6.45) is 0.795. The average molecular weight is 223 g/mol. The topological polar surface area (TPSA) is 85.6 Å². The summed E-state index contributed by atoms with van der Waals surface area (Å²) in [6, 6.07) is 0. The van der Waals surface area contributed by atoms with E-state index in [1.165, 1.54) is 9.13 Å². The van der Waals surface area contributed by atoms with Gasteiger partial charge in [0.1, 0.15) is 0 Å². The van der Waals surface area contributed by atoms with Gasteiger partial charge in [-0.15, -0.1) is 10.2 Å². The van der Waals surface area contributed by atoms with Crippen molar-refractivity contribution in [2.75, 3.05) is 0 Å². The Morgan fingerprint density at radius 2 is 1.94 bits per heavy atom. The molecule has 2 heterocycles. The third kappa shape index (κ3) is 1.36. The van der Waals surface area contributed by atoms with E-state index in [1.54, 1.807) is 6.92 Å². The van der Waals surface area contributed by atoms with Gasteiger partial charge in [-0.2, -0.15) is 5.21 Å². The molecule has 0 unspecified atom stereocenters. The molecule has 0 aliphatic rings. The molecule has 0 aliphatic carbocycles. The highest BCUT2D eigenvalue weighted by atomic mass is 16.2. The van der Waals surface area contributed by atoms with Crippen LogP contribution in [0.3, 0.4) is 0 Å². The molecule has 16 heavy (non-hydrogen) atoms. The summed E-state index contributed by atoms with van der Waals surface area (Å²) in [5, 5.41) is 10.0. The first-order valence-electron chi connectivity index (χ1n) is 5.24. The van der Waals surface area contributed by atoms with Gasteiger partial charge < -0.3 is 0 Å². The van der Waals surface area contributed by atoms with Gasteiger partial charge in [-0.25, -0.2) is 4.79 Å². The minimum Gasteiger partial charge on any atom is -0.274 e. The van der Waals surface area contributed by atoms with Crippen LogP contribution in [0, 0.1) is 0 Å². The summed E-state index contributed by atoms with van der Waals surface area (Å²) in [4.78, 5) is 23.8. The lowest BCUT2D eigenvalue weighted by Gasteiger charge is -2.07. The quantitative estimate of drug-likeness (QED) is 0.774. The molecule has 7 heteroatoms. The largest absolute Gasteiger partial charge is 0.332 e. The molecule has 7 nitrogen and oxygen atoms in total. The Bertz CT molecular complexity index is 621. The third-order valence-corrected chi connectivity index (χ3v) is 2.46. The molecule has 0 saturated heterocycles. The van der Waals surface area contributed by atoms with Crippen molar-refractivity contribution in [3.8, 4) is 0 Å². The maximum Gasteiger partial charge on any atom is 0.332 e. The predicted octanol–water partition coefficient (Wildman–Crippen LogP) is -0.289. The molecule has 0 amide bonds. The van der Waals surface area contributed by atoms with Gasteiger partial charge in [0.25, 0.3) is 5.56 Å². The van der Waals surface area contributed by atoms with Gasteiger partial charge in [-0.3, -0.25) is 13.9 Å². The van der Waals surface area contributed by atoms with Crippen molar-refractivity contribution in [3.63, 3.8) is 0 Å². The molecule has 1 N–H and O–H groups in total. The molecule has 0 radical (unpaired) electrons. The van der Waals surface area contributed by atoms with Gasteiger partial charge >= 0.3 is 5.69 Å². The van der Waals surface area contributed by atoms with Crippen molar-refractivity contribution >= 4 is 11.2 Å². The number of fused-ring (bicyclic) bond motifs is 1. The zero-order valence-electron chi connectivity index (χ0n) is 9.23. The average Bonchev–Trinajstić information content (AvgIpc) is 2.74. The Balaban J connectivity index is 2.92. The second-order valence-electron chi connectivity index (χ2n) is 3.48. The molecule has 0 spiro atoms. The molecule has 0 bridgehead atoms. The van der Waals surface area contributed by atoms with Crippen LogP contribution in [0.2, 0.25) is 0 Å². The van der Waals surface area contributed by atoms with Crippen LogP contribution < -0.4 is 11.2 Å². The second-order valence-corrected chi connectivity index (χ2v) is 3.48. The van der Waals surface area contributed by atoms with E-state index in [0.717, 1.165) is 6.42 Å². The third-order valence-electron chi connectivity index (χ3n) is 2.46. The van der Waals surface area contributed by atoms with E-state index in [4.69, 9.17) is 0 Å². The minimum absolute atomic E-state index is 0.218. The Hall–Kier alpha value is -1.92. The standard InChI is InChI=1S/C9H13N5O2/c1-3-5-14-7-6(10-12-11-7)8(15)13(4-2)9(14)16/h3-5H2,1-2H3,(H,10,11,12). The fraction of sp³-hybridized carbons (Fsp3) is 0.556. The lowest BCUT2D eigenvalue weighted by atomic mass is 10.4. The van der Waals surface area contributed by atoms with Gasteiger partial charge in [0.15, 0.2) is 11.2 Å². The highest BCUT2D eigenvalue weighted by Crippen LogP contribution is 2.00. The molecule has 0 aromatic carbocycles. The minimum atomic E-state index is -0.386. The number of nitrogens with zero attached hydrogens (tertiary/aromatic N) is 4. The van der Waals surface area contributed by atoms with Crippen LogP contribution >= 0.6 is 0 Å². The zero-order chi connectivity index (χ0) is 11.7. The Morgan fingerprint density at radius 1 is 1.19 bits per heavy atom. The van der Waals surface area contributed by atoms with Crippen molar-refractivity contribution in [2.45, 2.75) is 33.4 Å². The Morgan fingerprint density at radius 3 is 2.56 bits per heavy atom. The van der Waals surface area contributed by atoms with Crippen LogP contribution in [0.15, 0.2) is 9.59 Å². The Labute approximate surface area is 90.7 Å². The second kappa shape index (κ2) is 3.92. The molecule has 2 rings (SSSR count). The molecular formula is C9H13N5O2. The molecule has 0 aliphatic heterocycles. The molecule has 0 saturated carbocycles. The number of aromatic amines is 1. The first-order valence-corrected chi connectivity index (χ1v) is 5.24. The maximum absolute atomic E-state index is 12.0. The van der Waals surface area contributed by atoms with E-state index < -0.39 is 0 Å². The van der Waals surface area contributed by atoms with E-state index in [0.29, 0.717) is 18.7 Å². The van der Waals surface area contributed by atoms with Gasteiger partial charge in [0.2, 0.25) is 0 Å². The van der Waals surface area contributed by atoms with Crippen molar-refractivity contribution in [1.29, 1.82) is 0 Å². The smallest absolute Gasteiger partial charge is 0.274 e. The number of rotatable bonds is 3. The first kappa shape index (κ1) is 10.6. The van der Waals surface area contributed by atoms with Crippen LogP contribution in [0.4, 0.5) is 0 Å². The van der Waals surface area contributed by atoms with Crippen molar-refractivity contribution in [1.82, 2.24) is 24.5 Å². The summed E-state index contributed by atoms with van der Waals surface area (Å²) < 4.78 is 2.64. The van der Waals surface area contributed by atoms with Crippen LogP contribution in [0.25, 0.3) is 11.2 Å². The first-order chi connectivity index (χ1) is 7.70. The van der Waals surface area contributed by atoms with Crippen molar-refractivity contribution in [3.05, 3.63) is 20.8 Å². The fourth-order valence-corrected chi connectivity index (χ4v) is 1.71. The van der Waals surface area contributed by atoms with Crippen LogP contribution in [-0.2, 0) is 13.1 Å². The lowest BCUT2D eigenvalue weighted by Crippen LogP contribution is -2.39. The van der Waals surface area contributed by atoms with Gasteiger partial charge in [-0.1, -0.05) is 6.92 Å². The lowest BCUT2D eigenvalue weighted by molar-refractivity contribution is 0.579. The van der Waals surface area contributed by atoms with E-state index in [1.807, 2.05) is 6.92 Å². The molecule has 0 fully saturated rings. The van der Waals surface area contributed by atoms with Gasteiger partial charge in [-0.05, 0) is 13.3 Å². The highest BCUT2D eigenvalue weighted by molar-refractivity contribution is 5.67. The number of hydrogen-bond acceptors (Lipinski definition) is 4. The molecule has 0 atom stereocenters. The van der Waals surface area contributed by atoms with E-state index in [9.17, 15) is 9.59 Å². The van der Waals surface area contributed by atoms with E-state index in [2.05, 4.69) is 15.4 Å². The summed E-state index contributed by atoms with van der Waals surface area (Å²) in [7, 11) is 0. The number of aromatic nitrogens is 5. The van der Waals surface area contributed by atoms with Crippen LogP contribution in [0.1, 0.15) is 20.3 Å². The highest BCUT2D eigenvalue weighted by Gasteiger charge is 2.14. The van der Waals surface area contributed by atoms with E-state index in [-0.39, 0.29) is 16.8 Å².